The molecular weight excluding hydrogens is 303 g/mol. The average molecular weight is 318 g/mol. The summed E-state index contributed by atoms with van der Waals surface area (Å²) in [4.78, 5) is 11.7. The Hall–Kier alpha value is -2.32. The molecule has 1 saturated heterocycles. The number of nitrogens with zero attached hydrogens (tertiary/aromatic N) is 3. The molecule has 1 aliphatic heterocycles. The molecule has 7 nitrogen and oxygen atoms in total. The van der Waals surface area contributed by atoms with Crippen molar-refractivity contribution < 1.29 is 18.4 Å². The number of hydrogen-bond donors (Lipinski definition) is 1. The van der Waals surface area contributed by atoms with E-state index in [1.165, 1.54) is 12.1 Å². The fourth-order valence-electron chi connectivity index (χ4n) is 2.57. The molecule has 0 unspecified atom stereocenters. The Morgan fingerprint density at radius 2 is 2.26 bits per heavy atom. The standard InChI is InChI=1S/C15H15FN4O3/c16-10-1-2-11-12(5-10)18-13(17-11)7-22-8-14-19-15(20-23-14)9-3-4-21-6-9/h1-2,5,9H,3-4,6-8H2,(H,17,18)/t9-/m1/s1. The number of H-pyrrole nitrogens is 1. The number of ether oxygens (including phenoxy) is 2. The first-order chi connectivity index (χ1) is 11.3. The number of aromatic amines is 1. The number of nitrogens with one attached hydrogen (secondary N) is 1. The predicted molar refractivity (Wildman–Crippen MR) is 77.0 cm³/mol. The maximum absolute atomic E-state index is 13.1. The van der Waals surface area contributed by atoms with Crippen LogP contribution in [0.15, 0.2) is 22.7 Å². The first kappa shape index (κ1) is 14.3. The number of benzene rings is 1. The first-order valence-corrected chi connectivity index (χ1v) is 7.40. The van der Waals surface area contributed by atoms with Gasteiger partial charge < -0.3 is 19.0 Å². The van der Waals surface area contributed by atoms with Gasteiger partial charge in [0.15, 0.2) is 5.82 Å². The third kappa shape index (κ3) is 3.08. The molecule has 1 fully saturated rings. The summed E-state index contributed by atoms with van der Waals surface area (Å²) in [6.07, 6.45) is 0.912. The summed E-state index contributed by atoms with van der Waals surface area (Å²) in [6, 6.07) is 4.40. The van der Waals surface area contributed by atoms with Crippen molar-refractivity contribution in [2.75, 3.05) is 13.2 Å². The summed E-state index contributed by atoms with van der Waals surface area (Å²) in [5.74, 6) is 1.62. The molecule has 8 heteroatoms. The molecule has 2 aromatic heterocycles. The van der Waals surface area contributed by atoms with E-state index in [-0.39, 0.29) is 24.9 Å². The van der Waals surface area contributed by atoms with Crippen LogP contribution in [0.5, 0.6) is 0 Å². The first-order valence-electron chi connectivity index (χ1n) is 7.40. The van der Waals surface area contributed by atoms with Gasteiger partial charge in [-0.25, -0.2) is 9.37 Å². The molecule has 0 saturated carbocycles. The molecule has 1 aliphatic rings. The Balaban J connectivity index is 1.35. The van der Waals surface area contributed by atoms with Gasteiger partial charge in [0.05, 0.1) is 17.6 Å². The van der Waals surface area contributed by atoms with Crippen molar-refractivity contribution >= 4 is 11.0 Å². The largest absolute Gasteiger partial charge is 0.381 e. The smallest absolute Gasteiger partial charge is 0.252 e. The van der Waals surface area contributed by atoms with Gasteiger partial charge in [-0.1, -0.05) is 5.16 Å². The van der Waals surface area contributed by atoms with E-state index in [0.717, 1.165) is 13.0 Å². The maximum atomic E-state index is 13.1. The molecular formula is C15H15FN4O3. The fraction of sp³-hybridized carbons (Fsp3) is 0.400. The van der Waals surface area contributed by atoms with Crippen LogP contribution in [-0.4, -0.2) is 33.3 Å². The Labute approximate surface area is 130 Å². The van der Waals surface area contributed by atoms with E-state index >= 15 is 0 Å². The highest BCUT2D eigenvalue weighted by atomic mass is 19.1. The van der Waals surface area contributed by atoms with Gasteiger partial charge in [-0.2, -0.15) is 4.98 Å². The summed E-state index contributed by atoms with van der Waals surface area (Å²) in [5.41, 5.74) is 1.34. The van der Waals surface area contributed by atoms with E-state index in [1.54, 1.807) is 6.07 Å². The Bertz CT molecular complexity index is 810. The lowest BCUT2D eigenvalue weighted by Gasteiger charge is -1.98. The lowest BCUT2D eigenvalue weighted by molar-refractivity contribution is 0.0811. The predicted octanol–water partition coefficient (Wildman–Crippen LogP) is 2.31. The van der Waals surface area contributed by atoms with Gasteiger partial charge in [-0.05, 0) is 24.6 Å². The highest BCUT2D eigenvalue weighted by Gasteiger charge is 2.23. The second-order valence-corrected chi connectivity index (χ2v) is 5.44. The minimum Gasteiger partial charge on any atom is -0.381 e. The van der Waals surface area contributed by atoms with E-state index in [2.05, 4.69) is 20.1 Å². The fourth-order valence-corrected chi connectivity index (χ4v) is 2.57. The molecule has 3 heterocycles. The van der Waals surface area contributed by atoms with Crippen LogP contribution in [-0.2, 0) is 22.7 Å². The van der Waals surface area contributed by atoms with Crippen LogP contribution in [0.4, 0.5) is 4.39 Å². The van der Waals surface area contributed by atoms with Crippen LogP contribution >= 0.6 is 0 Å². The molecule has 1 N–H and O–H groups in total. The van der Waals surface area contributed by atoms with Crippen LogP contribution < -0.4 is 0 Å². The van der Waals surface area contributed by atoms with E-state index < -0.39 is 0 Å². The van der Waals surface area contributed by atoms with Crippen LogP contribution in [0.2, 0.25) is 0 Å². The van der Waals surface area contributed by atoms with Gasteiger partial charge in [-0.3, -0.25) is 0 Å². The average Bonchev–Trinajstić information content (AvgIpc) is 3.26. The van der Waals surface area contributed by atoms with Crippen molar-refractivity contribution in [3.05, 3.63) is 41.6 Å². The molecule has 4 rings (SSSR count). The number of fused-ring (bicyclic) bond motifs is 1. The Kier molecular flexibility index (Phi) is 3.76. The minimum atomic E-state index is -0.303. The lowest BCUT2D eigenvalue weighted by Crippen LogP contribution is -2.01. The third-order valence-corrected chi connectivity index (χ3v) is 3.74. The molecule has 0 bridgehead atoms. The van der Waals surface area contributed by atoms with Crippen molar-refractivity contribution in [2.24, 2.45) is 0 Å². The highest BCUT2D eigenvalue weighted by molar-refractivity contribution is 5.74. The summed E-state index contributed by atoms with van der Waals surface area (Å²) in [6.45, 7) is 1.82. The minimum absolute atomic E-state index is 0.200. The number of rotatable bonds is 5. The van der Waals surface area contributed by atoms with E-state index in [9.17, 15) is 4.39 Å². The lowest BCUT2D eigenvalue weighted by atomic mass is 10.1. The van der Waals surface area contributed by atoms with E-state index in [0.29, 0.717) is 35.2 Å². The monoisotopic (exact) mass is 318 g/mol. The maximum Gasteiger partial charge on any atom is 0.252 e. The number of imidazole rings is 1. The highest BCUT2D eigenvalue weighted by Crippen LogP contribution is 2.22. The molecule has 0 aliphatic carbocycles. The molecule has 1 atom stereocenters. The molecule has 3 aromatic rings. The molecule has 0 amide bonds. The van der Waals surface area contributed by atoms with Crippen molar-refractivity contribution in [1.29, 1.82) is 0 Å². The third-order valence-electron chi connectivity index (χ3n) is 3.74. The zero-order valence-electron chi connectivity index (χ0n) is 12.3. The van der Waals surface area contributed by atoms with Gasteiger partial charge in [0.1, 0.15) is 24.9 Å². The van der Waals surface area contributed by atoms with Crippen molar-refractivity contribution in [3.8, 4) is 0 Å². The van der Waals surface area contributed by atoms with Crippen molar-refractivity contribution in [1.82, 2.24) is 20.1 Å². The van der Waals surface area contributed by atoms with Crippen LogP contribution in [0.3, 0.4) is 0 Å². The second kappa shape index (κ2) is 6.05. The molecule has 0 radical (unpaired) electrons. The second-order valence-electron chi connectivity index (χ2n) is 5.44. The SMILES string of the molecule is Fc1ccc2nc(COCc3nc([C@@H]4CCOC4)no3)[nH]c2c1. The topological polar surface area (TPSA) is 86.1 Å². The van der Waals surface area contributed by atoms with E-state index in [4.69, 9.17) is 14.0 Å². The van der Waals surface area contributed by atoms with Crippen molar-refractivity contribution in [2.45, 2.75) is 25.6 Å². The molecule has 120 valence electrons. The molecule has 1 aromatic carbocycles. The van der Waals surface area contributed by atoms with Gasteiger partial charge in [0.25, 0.3) is 5.89 Å². The van der Waals surface area contributed by atoms with Gasteiger partial charge in [0.2, 0.25) is 0 Å². The van der Waals surface area contributed by atoms with Gasteiger partial charge >= 0.3 is 0 Å². The summed E-state index contributed by atoms with van der Waals surface area (Å²) in [7, 11) is 0. The van der Waals surface area contributed by atoms with Crippen LogP contribution in [0.25, 0.3) is 11.0 Å². The summed E-state index contributed by atoms with van der Waals surface area (Å²) in [5, 5.41) is 3.96. The quantitative estimate of drug-likeness (QED) is 0.777. The molecule has 0 spiro atoms. The normalized spacial score (nSPS) is 18.0. The summed E-state index contributed by atoms with van der Waals surface area (Å²) < 4.78 is 29.1. The van der Waals surface area contributed by atoms with Crippen molar-refractivity contribution in [3.63, 3.8) is 0 Å². The van der Waals surface area contributed by atoms with E-state index in [1.807, 2.05) is 0 Å². The number of halogens is 1. The van der Waals surface area contributed by atoms with Gasteiger partial charge in [0, 0.05) is 12.5 Å². The summed E-state index contributed by atoms with van der Waals surface area (Å²) >= 11 is 0. The zero-order chi connectivity index (χ0) is 15.6. The number of aromatic nitrogens is 4. The van der Waals surface area contributed by atoms with Crippen LogP contribution in [0, 0.1) is 5.82 Å². The Morgan fingerprint density at radius 3 is 3.13 bits per heavy atom. The Morgan fingerprint density at radius 1 is 1.30 bits per heavy atom. The molecule has 23 heavy (non-hydrogen) atoms. The zero-order valence-corrected chi connectivity index (χ0v) is 12.3. The van der Waals surface area contributed by atoms with Gasteiger partial charge in [-0.15, -0.1) is 0 Å². The number of hydrogen-bond acceptors (Lipinski definition) is 6. The van der Waals surface area contributed by atoms with Crippen LogP contribution in [0.1, 0.15) is 29.9 Å².